The van der Waals surface area contributed by atoms with E-state index in [0.29, 0.717) is 6.07 Å². The highest BCUT2D eigenvalue weighted by Crippen LogP contribution is 2.29. The summed E-state index contributed by atoms with van der Waals surface area (Å²) in [4.78, 5) is 0. The van der Waals surface area contributed by atoms with Crippen molar-refractivity contribution in [1.29, 1.82) is 0 Å². The van der Waals surface area contributed by atoms with Crippen molar-refractivity contribution in [1.82, 2.24) is 0 Å². The Kier molecular flexibility index (Phi) is 4.86. The van der Waals surface area contributed by atoms with Gasteiger partial charge in [0.05, 0.1) is 18.2 Å². The molecule has 0 saturated carbocycles. The zero-order valence-electron chi connectivity index (χ0n) is 7.38. The van der Waals surface area contributed by atoms with Gasteiger partial charge in [0.25, 0.3) is 0 Å². The molecule has 0 aliphatic rings. The molecule has 4 N–H and O–H groups in total. The third kappa shape index (κ3) is 2.53. The molecule has 0 saturated heterocycles. The topological polar surface area (TPSA) is 66.5 Å². The lowest BCUT2D eigenvalue weighted by Gasteiger charge is -2.12. The van der Waals surface area contributed by atoms with E-state index >= 15 is 0 Å². The third-order valence-electron chi connectivity index (χ3n) is 1.75. The fourth-order valence-electron chi connectivity index (χ4n) is 1.04. The first kappa shape index (κ1) is 14.0. The van der Waals surface area contributed by atoms with Crippen LogP contribution in [-0.2, 0) is 0 Å². The van der Waals surface area contributed by atoms with Gasteiger partial charge >= 0.3 is 0 Å². The zero-order valence-corrected chi connectivity index (χ0v) is 8.19. The molecule has 0 bridgehead atoms. The summed E-state index contributed by atoms with van der Waals surface area (Å²) in [6, 6.07) is -0.881. The fourth-order valence-corrected chi connectivity index (χ4v) is 1.04. The average Bonchev–Trinajstić information content (AvgIpc) is 2.14. The van der Waals surface area contributed by atoms with Crippen molar-refractivity contribution in [2.45, 2.75) is 6.04 Å². The number of nitrogens with two attached hydrogens (primary N) is 1. The van der Waals surface area contributed by atoms with E-state index in [-0.39, 0.29) is 12.4 Å². The number of aliphatic hydroxyl groups excluding tert-OH is 1. The molecule has 0 aliphatic carbocycles. The third-order valence-corrected chi connectivity index (χ3v) is 1.75. The molecule has 0 unspecified atom stereocenters. The number of halogens is 4. The van der Waals surface area contributed by atoms with E-state index in [4.69, 9.17) is 15.9 Å². The molecule has 0 heterocycles. The molecule has 0 aromatic heterocycles. The SMILES string of the molecule is Cl.N[C@@H](CO)c1c(O)cc(F)c(F)c1F. The van der Waals surface area contributed by atoms with Crippen LogP contribution < -0.4 is 5.73 Å². The number of benzene rings is 1. The second kappa shape index (κ2) is 5.20. The highest BCUT2D eigenvalue weighted by atomic mass is 35.5. The Balaban J connectivity index is 0.00000196. The van der Waals surface area contributed by atoms with Gasteiger partial charge in [0.15, 0.2) is 17.5 Å². The van der Waals surface area contributed by atoms with E-state index in [0.717, 1.165) is 0 Å². The normalized spacial score (nSPS) is 12.1. The molecule has 1 atom stereocenters. The number of phenols is 1. The number of hydrogen-bond donors (Lipinski definition) is 3. The Bertz CT molecular complexity index is 362. The average molecular weight is 244 g/mol. The number of aromatic hydroxyl groups is 1. The largest absolute Gasteiger partial charge is 0.507 e. The molecule has 0 amide bonds. The summed E-state index contributed by atoms with van der Waals surface area (Å²) in [6.07, 6.45) is 0. The van der Waals surface area contributed by atoms with Gasteiger partial charge in [-0.2, -0.15) is 0 Å². The second-order valence-corrected chi connectivity index (χ2v) is 2.71. The van der Waals surface area contributed by atoms with Crippen LogP contribution in [0.3, 0.4) is 0 Å². The molecule has 86 valence electrons. The minimum Gasteiger partial charge on any atom is -0.507 e. The first-order valence-electron chi connectivity index (χ1n) is 3.71. The van der Waals surface area contributed by atoms with Crippen molar-refractivity contribution in [3.63, 3.8) is 0 Å². The van der Waals surface area contributed by atoms with Gasteiger partial charge in [-0.25, -0.2) is 13.2 Å². The summed E-state index contributed by atoms with van der Waals surface area (Å²) in [5, 5.41) is 17.6. The van der Waals surface area contributed by atoms with E-state index in [9.17, 15) is 13.2 Å². The van der Waals surface area contributed by atoms with Gasteiger partial charge in [-0.05, 0) is 0 Å². The first-order valence-corrected chi connectivity index (χ1v) is 3.71. The van der Waals surface area contributed by atoms with E-state index in [1.165, 1.54) is 0 Å². The first-order chi connectivity index (χ1) is 6.49. The molecule has 15 heavy (non-hydrogen) atoms. The lowest BCUT2D eigenvalue weighted by atomic mass is 10.1. The van der Waals surface area contributed by atoms with Crippen LogP contribution in [0.1, 0.15) is 11.6 Å². The van der Waals surface area contributed by atoms with Gasteiger partial charge in [0.1, 0.15) is 5.75 Å². The minimum atomic E-state index is -1.72. The van der Waals surface area contributed by atoms with Crippen LogP contribution in [-0.4, -0.2) is 16.8 Å². The van der Waals surface area contributed by atoms with Gasteiger partial charge in [-0.3, -0.25) is 0 Å². The predicted octanol–water partition coefficient (Wildman–Crippen LogP) is 1.22. The lowest BCUT2D eigenvalue weighted by Crippen LogP contribution is -2.17. The molecule has 1 aromatic carbocycles. The van der Waals surface area contributed by atoms with Crippen LogP contribution in [0.4, 0.5) is 13.2 Å². The molecule has 0 radical (unpaired) electrons. The van der Waals surface area contributed by atoms with E-state index in [1.54, 1.807) is 0 Å². The highest BCUT2D eigenvalue weighted by molar-refractivity contribution is 5.85. The molecule has 3 nitrogen and oxygen atoms in total. The van der Waals surface area contributed by atoms with Gasteiger partial charge < -0.3 is 15.9 Å². The van der Waals surface area contributed by atoms with Crippen LogP contribution in [0.2, 0.25) is 0 Å². The van der Waals surface area contributed by atoms with E-state index < -0.39 is 41.4 Å². The maximum atomic E-state index is 13.0. The van der Waals surface area contributed by atoms with E-state index in [1.807, 2.05) is 0 Å². The quantitative estimate of drug-likeness (QED) is 0.685. The molecular formula is C8H9ClF3NO2. The number of hydrogen-bond acceptors (Lipinski definition) is 3. The van der Waals surface area contributed by atoms with Crippen LogP contribution in [0.5, 0.6) is 5.75 Å². The fraction of sp³-hybridized carbons (Fsp3) is 0.250. The summed E-state index contributed by atoms with van der Waals surface area (Å²) >= 11 is 0. The highest BCUT2D eigenvalue weighted by Gasteiger charge is 2.22. The maximum Gasteiger partial charge on any atom is 0.195 e. The van der Waals surface area contributed by atoms with Crippen LogP contribution >= 0.6 is 12.4 Å². The van der Waals surface area contributed by atoms with Crippen LogP contribution in [0.15, 0.2) is 6.07 Å². The smallest absolute Gasteiger partial charge is 0.195 e. The molecule has 0 spiro atoms. The van der Waals surface area contributed by atoms with Gasteiger partial charge in [-0.1, -0.05) is 0 Å². The zero-order chi connectivity index (χ0) is 10.9. The Labute approximate surface area is 89.7 Å². The molecule has 1 aromatic rings. The van der Waals surface area contributed by atoms with Crippen LogP contribution in [0, 0.1) is 17.5 Å². The monoisotopic (exact) mass is 243 g/mol. The summed E-state index contributed by atoms with van der Waals surface area (Å²) in [7, 11) is 0. The van der Waals surface area contributed by atoms with Crippen molar-refractivity contribution in [3.8, 4) is 5.75 Å². The number of rotatable bonds is 2. The molecule has 0 fully saturated rings. The molecule has 0 aliphatic heterocycles. The van der Waals surface area contributed by atoms with E-state index in [2.05, 4.69) is 0 Å². The molecule has 1 rings (SSSR count). The second-order valence-electron chi connectivity index (χ2n) is 2.71. The molecule has 7 heteroatoms. The van der Waals surface area contributed by atoms with Crippen molar-refractivity contribution >= 4 is 12.4 Å². The number of phenolic OH excluding ortho intramolecular Hbond substituents is 1. The van der Waals surface area contributed by atoms with Gasteiger partial charge in [0.2, 0.25) is 0 Å². The Hall–Kier alpha value is -0.980. The Morgan fingerprint density at radius 3 is 2.27 bits per heavy atom. The Morgan fingerprint density at radius 2 is 1.80 bits per heavy atom. The number of aliphatic hydroxyl groups is 1. The van der Waals surface area contributed by atoms with Crippen LogP contribution in [0.25, 0.3) is 0 Å². The van der Waals surface area contributed by atoms with Crippen molar-refractivity contribution < 1.29 is 23.4 Å². The summed E-state index contributed by atoms with van der Waals surface area (Å²) in [5.74, 6) is -5.62. The lowest BCUT2D eigenvalue weighted by molar-refractivity contribution is 0.260. The summed E-state index contributed by atoms with van der Waals surface area (Å²) in [6.45, 7) is -0.685. The summed E-state index contributed by atoms with van der Waals surface area (Å²) in [5.41, 5.74) is 4.54. The van der Waals surface area contributed by atoms with Crippen molar-refractivity contribution in [2.24, 2.45) is 5.73 Å². The van der Waals surface area contributed by atoms with Crippen molar-refractivity contribution in [3.05, 3.63) is 29.1 Å². The minimum absolute atomic E-state index is 0. The predicted molar refractivity (Wildman–Crippen MR) is 49.2 cm³/mol. The Morgan fingerprint density at radius 1 is 1.27 bits per heavy atom. The standard InChI is InChI=1S/C8H8F3NO2.ClH/c9-3-1-5(14)6(4(12)2-13)8(11)7(3)10;/h1,4,13-14H,2,12H2;1H/t4-;/m0./s1. The molecular weight excluding hydrogens is 235 g/mol. The maximum absolute atomic E-state index is 13.0. The van der Waals surface area contributed by atoms with Gasteiger partial charge in [-0.15, -0.1) is 12.4 Å². The summed E-state index contributed by atoms with van der Waals surface area (Å²) < 4.78 is 38.2. The van der Waals surface area contributed by atoms with Crippen molar-refractivity contribution in [2.75, 3.05) is 6.61 Å². The van der Waals surface area contributed by atoms with Gasteiger partial charge in [0, 0.05) is 6.07 Å².